The molecule has 1 heterocycles. The fraction of sp³-hybridized carbons (Fsp3) is 0.105. The molecular formula is C19H16F2N4O2. The lowest BCUT2D eigenvalue weighted by Crippen LogP contribution is -2.17. The Kier molecular flexibility index (Phi) is 4.98. The van der Waals surface area contributed by atoms with Crippen molar-refractivity contribution in [3.05, 3.63) is 77.1 Å². The number of rotatable bonds is 4. The van der Waals surface area contributed by atoms with Crippen molar-refractivity contribution in [2.24, 2.45) is 7.05 Å². The molecule has 3 rings (SSSR count). The van der Waals surface area contributed by atoms with Crippen LogP contribution in [0.2, 0.25) is 0 Å². The van der Waals surface area contributed by atoms with E-state index in [1.807, 2.05) is 0 Å². The van der Waals surface area contributed by atoms with Gasteiger partial charge in [-0.2, -0.15) is 5.10 Å². The van der Waals surface area contributed by atoms with Crippen molar-refractivity contribution in [1.82, 2.24) is 9.78 Å². The second-order valence-electron chi connectivity index (χ2n) is 5.94. The standard InChI is InChI=1S/C19H16F2N4O2/c1-11-6-7-12(18(26)23-13-9-22-25(2)10-13)8-16(11)24-19(27)14-4-3-5-15(20)17(14)21/h3-10H,1-2H3,(H,23,26)(H,24,27). The Labute approximate surface area is 153 Å². The lowest BCUT2D eigenvalue weighted by Gasteiger charge is -2.11. The summed E-state index contributed by atoms with van der Waals surface area (Å²) in [7, 11) is 1.72. The second-order valence-corrected chi connectivity index (χ2v) is 5.94. The van der Waals surface area contributed by atoms with Crippen molar-refractivity contribution < 1.29 is 18.4 Å². The summed E-state index contributed by atoms with van der Waals surface area (Å²) in [5, 5.41) is 9.16. The van der Waals surface area contributed by atoms with Crippen LogP contribution in [0.3, 0.4) is 0 Å². The van der Waals surface area contributed by atoms with Gasteiger partial charge in [-0.3, -0.25) is 14.3 Å². The lowest BCUT2D eigenvalue weighted by molar-refractivity contribution is 0.101. The number of nitrogens with one attached hydrogen (secondary N) is 2. The molecule has 0 bridgehead atoms. The summed E-state index contributed by atoms with van der Waals surface area (Å²) < 4.78 is 28.7. The molecule has 0 fully saturated rings. The summed E-state index contributed by atoms with van der Waals surface area (Å²) in [5.74, 6) is -3.53. The molecule has 6 nitrogen and oxygen atoms in total. The van der Waals surface area contributed by atoms with Crippen LogP contribution in [0.25, 0.3) is 0 Å². The number of nitrogens with zero attached hydrogens (tertiary/aromatic N) is 2. The molecule has 0 aliphatic carbocycles. The van der Waals surface area contributed by atoms with Crippen molar-refractivity contribution in [3.63, 3.8) is 0 Å². The number of amides is 2. The van der Waals surface area contributed by atoms with Crippen molar-refractivity contribution in [3.8, 4) is 0 Å². The van der Waals surface area contributed by atoms with Gasteiger partial charge in [-0.25, -0.2) is 8.78 Å². The summed E-state index contributed by atoms with van der Waals surface area (Å²) in [5.41, 5.74) is 1.38. The van der Waals surface area contributed by atoms with E-state index in [-0.39, 0.29) is 0 Å². The van der Waals surface area contributed by atoms with Crippen LogP contribution in [-0.2, 0) is 7.05 Å². The second kappa shape index (κ2) is 7.36. The van der Waals surface area contributed by atoms with Gasteiger partial charge in [-0.05, 0) is 36.8 Å². The quantitative estimate of drug-likeness (QED) is 0.738. The Morgan fingerprint density at radius 3 is 2.56 bits per heavy atom. The molecule has 27 heavy (non-hydrogen) atoms. The Balaban J connectivity index is 1.81. The molecule has 0 saturated heterocycles. The van der Waals surface area contributed by atoms with E-state index in [9.17, 15) is 18.4 Å². The van der Waals surface area contributed by atoms with Crippen LogP contribution in [0.5, 0.6) is 0 Å². The molecule has 2 amide bonds. The van der Waals surface area contributed by atoms with Gasteiger partial charge in [-0.15, -0.1) is 0 Å². The molecule has 2 N–H and O–H groups in total. The molecule has 8 heteroatoms. The third kappa shape index (κ3) is 4.00. The number of benzene rings is 2. The highest BCUT2D eigenvalue weighted by atomic mass is 19.2. The minimum absolute atomic E-state index is 0.291. The minimum Gasteiger partial charge on any atom is -0.322 e. The van der Waals surface area contributed by atoms with E-state index in [0.29, 0.717) is 22.5 Å². The van der Waals surface area contributed by atoms with Gasteiger partial charge in [0, 0.05) is 24.5 Å². The van der Waals surface area contributed by atoms with E-state index in [1.54, 1.807) is 37.0 Å². The Bertz CT molecular complexity index is 1030. The average Bonchev–Trinajstić information content (AvgIpc) is 3.03. The van der Waals surface area contributed by atoms with Crippen molar-refractivity contribution in [2.45, 2.75) is 6.92 Å². The topological polar surface area (TPSA) is 76.0 Å². The average molecular weight is 370 g/mol. The number of aryl methyl sites for hydroxylation is 2. The fourth-order valence-electron chi connectivity index (χ4n) is 2.46. The van der Waals surface area contributed by atoms with E-state index < -0.39 is 29.0 Å². The van der Waals surface area contributed by atoms with Crippen LogP contribution < -0.4 is 10.6 Å². The minimum atomic E-state index is -1.22. The van der Waals surface area contributed by atoms with Crippen LogP contribution in [0.15, 0.2) is 48.8 Å². The predicted octanol–water partition coefficient (Wildman–Crippen LogP) is 3.51. The maximum Gasteiger partial charge on any atom is 0.258 e. The normalized spacial score (nSPS) is 10.5. The molecule has 0 spiro atoms. The maximum atomic E-state index is 13.8. The number of anilines is 2. The Morgan fingerprint density at radius 2 is 1.85 bits per heavy atom. The SMILES string of the molecule is Cc1ccc(C(=O)Nc2cnn(C)c2)cc1NC(=O)c1cccc(F)c1F. The zero-order valence-corrected chi connectivity index (χ0v) is 14.6. The molecule has 2 aromatic carbocycles. The molecule has 0 aliphatic heterocycles. The number of hydrogen-bond donors (Lipinski definition) is 2. The first-order valence-electron chi connectivity index (χ1n) is 8.01. The van der Waals surface area contributed by atoms with Gasteiger partial charge < -0.3 is 10.6 Å². The summed E-state index contributed by atoms with van der Waals surface area (Å²) in [6, 6.07) is 8.08. The van der Waals surface area contributed by atoms with Crippen molar-refractivity contribution >= 4 is 23.2 Å². The van der Waals surface area contributed by atoms with Crippen LogP contribution >= 0.6 is 0 Å². The highest BCUT2D eigenvalue weighted by Crippen LogP contribution is 2.20. The lowest BCUT2D eigenvalue weighted by atomic mass is 10.1. The number of aromatic nitrogens is 2. The number of hydrogen-bond acceptors (Lipinski definition) is 3. The molecule has 1 aromatic heterocycles. The molecule has 0 radical (unpaired) electrons. The molecule has 0 unspecified atom stereocenters. The first-order chi connectivity index (χ1) is 12.8. The van der Waals surface area contributed by atoms with Crippen molar-refractivity contribution in [2.75, 3.05) is 10.6 Å². The van der Waals surface area contributed by atoms with Crippen LogP contribution in [0, 0.1) is 18.6 Å². The van der Waals surface area contributed by atoms with Gasteiger partial charge in [-0.1, -0.05) is 12.1 Å². The molecule has 0 saturated carbocycles. The van der Waals surface area contributed by atoms with Gasteiger partial charge in [0.25, 0.3) is 11.8 Å². The Hall–Kier alpha value is -3.55. The molecule has 0 aliphatic rings. The summed E-state index contributed by atoms with van der Waals surface area (Å²) in [4.78, 5) is 24.7. The predicted molar refractivity (Wildman–Crippen MR) is 96.7 cm³/mol. The number of halogens is 2. The zero-order chi connectivity index (χ0) is 19.6. The first kappa shape index (κ1) is 18.2. The van der Waals surface area contributed by atoms with Gasteiger partial charge in [0.05, 0.1) is 17.4 Å². The summed E-state index contributed by atoms with van der Waals surface area (Å²) in [6.07, 6.45) is 3.14. The summed E-state index contributed by atoms with van der Waals surface area (Å²) >= 11 is 0. The largest absolute Gasteiger partial charge is 0.322 e. The van der Waals surface area contributed by atoms with Gasteiger partial charge in [0.15, 0.2) is 11.6 Å². The number of carbonyl (C=O) groups excluding carboxylic acids is 2. The Morgan fingerprint density at radius 1 is 1.07 bits per heavy atom. The van der Waals surface area contributed by atoms with Crippen LogP contribution in [-0.4, -0.2) is 21.6 Å². The van der Waals surface area contributed by atoms with E-state index in [1.165, 1.54) is 24.4 Å². The monoisotopic (exact) mass is 370 g/mol. The third-order valence-corrected chi connectivity index (χ3v) is 3.91. The van der Waals surface area contributed by atoms with E-state index >= 15 is 0 Å². The molecule has 0 atom stereocenters. The fourth-order valence-corrected chi connectivity index (χ4v) is 2.46. The van der Waals surface area contributed by atoms with E-state index in [4.69, 9.17) is 0 Å². The highest BCUT2D eigenvalue weighted by molar-refractivity contribution is 6.07. The molecular weight excluding hydrogens is 354 g/mol. The zero-order valence-electron chi connectivity index (χ0n) is 14.6. The van der Waals surface area contributed by atoms with E-state index in [2.05, 4.69) is 15.7 Å². The number of carbonyl (C=O) groups is 2. The van der Waals surface area contributed by atoms with Gasteiger partial charge in [0.2, 0.25) is 0 Å². The molecule has 3 aromatic rings. The third-order valence-electron chi connectivity index (χ3n) is 3.91. The van der Waals surface area contributed by atoms with Crippen LogP contribution in [0.4, 0.5) is 20.2 Å². The van der Waals surface area contributed by atoms with Crippen molar-refractivity contribution in [1.29, 1.82) is 0 Å². The van der Waals surface area contributed by atoms with Gasteiger partial charge in [0.1, 0.15) is 0 Å². The smallest absolute Gasteiger partial charge is 0.258 e. The van der Waals surface area contributed by atoms with Gasteiger partial charge >= 0.3 is 0 Å². The first-order valence-corrected chi connectivity index (χ1v) is 8.01. The molecule has 138 valence electrons. The highest BCUT2D eigenvalue weighted by Gasteiger charge is 2.17. The maximum absolute atomic E-state index is 13.8. The summed E-state index contributed by atoms with van der Waals surface area (Å²) in [6.45, 7) is 1.72. The van der Waals surface area contributed by atoms with Crippen LogP contribution in [0.1, 0.15) is 26.3 Å². The van der Waals surface area contributed by atoms with E-state index in [0.717, 1.165) is 6.07 Å².